The number of hydrogen-bond acceptors (Lipinski definition) is 4. The minimum atomic E-state index is -0.206. The Balaban J connectivity index is 2.28. The highest BCUT2D eigenvalue weighted by atomic mass is 35.5. The lowest BCUT2D eigenvalue weighted by molar-refractivity contribution is -0.122. The maximum absolute atomic E-state index is 11.3. The highest BCUT2D eigenvalue weighted by molar-refractivity contribution is 6.30. The molecule has 1 aliphatic rings. The Hall–Kier alpha value is -1.36. The van der Waals surface area contributed by atoms with Crippen LogP contribution in [0.15, 0.2) is 0 Å². The number of aromatic nitrogens is 2. The van der Waals surface area contributed by atoms with Gasteiger partial charge in [-0.3, -0.25) is 4.79 Å². The van der Waals surface area contributed by atoms with Crippen molar-refractivity contribution in [3.63, 3.8) is 0 Å². The van der Waals surface area contributed by atoms with E-state index in [1.54, 1.807) is 0 Å². The van der Waals surface area contributed by atoms with E-state index in [2.05, 4.69) is 30.7 Å². The highest BCUT2D eigenvalue weighted by Gasteiger charge is 2.27. The van der Waals surface area contributed by atoms with E-state index in [9.17, 15) is 4.79 Å². The summed E-state index contributed by atoms with van der Waals surface area (Å²) < 4.78 is 0. The van der Waals surface area contributed by atoms with Crippen molar-refractivity contribution in [3.05, 3.63) is 16.5 Å². The summed E-state index contributed by atoms with van der Waals surface area (Å²) in [7, 11) is 0. The number of nitrogens with zero attached hydrogens (tertiary/aromatic N) is 3. The normalized spacial score (nSPS) is 17.1. The fraction of sp³-hybridized carbons (Fsp3) is 0.667. The molecular formula is C15H23ClN4O. The molecule has 2 N–H and O–H groups in total. The van der Waals surface area contributed by atoms with E-state index in [-0.39, 0.29) is 17.2 Å². The van der Waals surface area contributed by atoms with Crippen LogP contribution in [0.1, 0.15) is 45.0 Å². The van der Waals surface area contributed by atoms with Crippen LogP contribution in [0.5, 0.6) is 0 Å². The fourth-order valence-corrected chi connectivity index (χ4v) is 2.66. The topological polar surface area (TPSA) is 72.1 Å². The van der Waals surface area contributed by atoms with Crippen molar-refractivity contribution in [2.24, 2.45) is 11.7 Å². The number of hydrogen-bond donors (Lipinski definition) is 1. The summed E-state index contributed by atoms with van der Waals surface area (Å²) in [5, 5.41) is 0.502. The largest absolute Gasteiger partial charge is 0.369 e. The van der Waals surface area contributed by atoms with E-state index >= 15 is 0 Å². The molecule has 6 heteroatoms. The smallest absolute Gasteiger partial charge is 0.220 e. The summed E-state index contributed by atoms with van der Waals surface area (Å²) in [6, 6.07) is 0. The van der Waals surface area contributed by atoms with Crippen LogP contribution in [-0.2, 0) is 10.2 Å². The first-order valence-electron chi connectivity index (χ1n) is 7.29. The van der Waals surface area contributed by atoms with Crippen molar-refractivity contribution < 1.29 is 4.79 Å². The van der Waals surface area contributed by atoms with E-state index < -0.39 is 0 Å². The van der Waals surface area contributed by atoms with Gasteiger partial charge in [-0.15, -0.1) is 0 Å². The number of primary amides is 1. The predicted molar refractivity (Wildman–Crippen MR) is 84.6 cm³/mol. The summed E-state index contributed by atoms with van der Waals surface area (Å²) in [6.07, 6.45) is 1.53. The summed E-state index contributed by atoms with van der Waals surface area (Å²) in [5.74, 6) is 1.39. The molecule has 2 rings (SSSR count). The second-order valence-electron chi connectivity index (χ2n) is 6.70. The van der Waals surface area contributed by atoms with Crippen LogP contribution in [0.3, 0.4) is 0 Å². The third-order valence-corrected chi connectivity index (χ3v) is 4.30. The summed E-state index contributed by atoms with van der Waals surface area (Å²) in [5.41, 5.74) is 6.12. The van der Waals surface area contributed by atoms with E-state index in [1.165, 1.54) is 0 Å². The molecule has 1 aromatic rings. The zero-order valence-electron chi connectivity index (χ0n) is 13.1. The van der Waals surface area contributed by atoms with Crippen LogP contribution in [0.4, 0.5) is 5.82 Å². The average molecular weight is 311 g/mol. The Bertz CT molecular complexity index is 545. The number of carbonyl (C=O) groups is 1. The molecule has 0 bridgehead atoms. The minimum absolute atomic E-state index is 0.0269. The Morgan fingerprint density at radius 2 is 1.86 bits per heavy atom. The molecule has 1 saturated heterocycles. The number of piperidine rings is 1. The second kappa shape index (κ2) is 5.79. The van der Waals surface area contributed by atoms with Crippen molar-refractivity contribution >= 4 is 23.3 Å². The standard InChI is InChI=1S/C15H23ClN4O/c1-9-11(16)18-14(15(2,3)4)19-13(9)20-7-5-10(6-8-20)12(17)21/h10H,5-8H2,1-4H3,(H2,17,21). The first kappa shape index (κ1) is 16.0. The van der Waals surface area contributed by atoms with Crippen molar-refractivity contribution in [1.29, 1.82) is 0 Å². The van der Waals surface area contributed by atoms with Gasteiger partial charge in [-0.25, -0.2) is 9.97 Å². The number of anilines is 1. The molecule has 1 fully saturated rings. The van der Waals surface area contributed by atoms with Crippen LogP contribution >= 0.6 is 11.6 Å². The van der Waals surface area contributed by atoms with Gasteiger partial charge in [-0.05, 0) is 19.8 Å². The van der Waals surface area contributed by atoms with Crippen LogP contribution in [0.25, 0.3) is 0 Å². The summed E-state index contributed by atoms with van der Waals surface area (Å²) >= 11 is 6.27. The van der Waals surface area contributed by atoms with Gasteiger partial charge >= 0.3 is 0 Å². The molecular weight excluding hydrogens is 288 g/mol. The van der Waals surface area contributed by atoms with E-state index in [0.29, 0.717) is 5.15 Å². The molecule has 0 spiro atoms. The Morgan fingerprint density at radius 3 is 2.33 bits per heavy atom. The van der Waals surface area contributed by atoms with E-state index in [4.69, 9.17) is 22.3 Å². The van der Waals surface area contributed by atoms with Crippen LogP contribution in [0, 0.1) is 12.8 Å². The van der Waals surface area contributed by atoms with Gasteiger partial charge in [0.15, 0.2) is 0 Å². The van der Waals surface area contributed by atoms with Gasteiger partial charge in [-0.2, -0.15) is 0 Å². The molecule has 0 unspecified atom stereocenters. The van der Waals surface area contributed by atoms with Crippen molar-refractivity contribution in [2.45, 2.75) is 46.0 Å². The maximum atomic E-state index is 11.3. The summed E-state index contributed by atoms with van der Waals surface area (Å²) in [6.45, 7) is 9.67. The van der Waals surface area contributed by atoms with Crippen LogP contribution < -0.4 is 10.6 Å². The molecule has 116 valence electrons. The fourth-order valence-electron chi connectivity index (χ4n) is 2.50. The summed E-state index contributed by atoms with van der Waals surface area (Å²) in [4.78, 5) is 22.5. The van der Waals surface area contributed by atoms with Gasteiger partial charge in [0, 0.05) is 30.0 Å². The van der Waals surface area contributed by atoms with E-state index in [0.717, 1.165) is 43.1 Å². The zero-order valence-corrected chi connectivity index (χ0v) is 13.9. The van der Waals surface area contributed by atoms with Crippen molar-refractivity contribution in [1.82, 2.24) is 9.97 Å². The SMILES string of the molecule is Cc1c(Cl)nc(C(C)(C)C)nc1N1CCC(C(N)=O)CC1. The molecule has 0 saturated carbocycles. The molecule has 0 aliphatic carbocycles. The lowest BCUT2D eigenvalue weighted by Gasteiger charge is -2.33. The first-order chi connectivity index (χ1) is 9.70. The van der Waals surface area contributed by atoms with Gasteiger partial charge in [0.25, 0.3) is 0 Å². The number of carbonyl (C=O) groups excluding carboxylic acids is 1. The predicted octanol–water partition coefficient (Wildman–Crippen LogP) is 2.44. The van der Waals surface area contributed by atoms with Gasteiger partial charge < -0.3 is 10.6 Å². The number of nitrogens with two attached hydrogens (primary N) is 1. The number of halogens is 1. The third kappa shape index (κ3) is 3.46. The molecule has 0 atom stereocenters. The van der Waals surface area contributed by atoms with Crippen molar-refractivity contribution in [3.8, 4) is 0 Å². The minimum Gasteiger partial charge on any atom is -0.369 e. The number of amides is 1. The highest BCUT2D eigenvalue weighted by Crippen LogP contribution is 2.30. The Morgan fingerprint density at radius 1 is 1.29 bits per heavy atom. The van der Waals surface area contributed by atoms with Gasteiger partial charge in [0.1, 0.15) is 16.8 Å². The lowest BCUT2D eigenvalue weighted by Crippen LogP contribution is -2.39. The Labute approximate surface area is 130 Å². The quantitative estimate of drug-likeness (QED) is 0.852. The Kier molecular flexibility index (Phi) is 4.42. The van der Waals surface area contributed by atoms with Gasteiger partial charge in [0.05, 0.1) is 0 Å². The van der Waals surface area contributed by atoms with Gasteiger partial charge in [-0.1, -0.05) is 32.4 Å². The second-order valence-corrected chi connectivity index (χ2v) is 7.06. The molecule has 0 radical (unpaired) electrons. The van der Waals surface area contributed by atoms with Crippen LogP contribution in [-0.4, -0.2) is 29.0 Å². The molecule has 0 aromatic carbocycles. The van der Waals surface area contributed by atoms with E-state index in [1.807, 2.05) is 6.92 Å². The monoisotopic (exact) mass is 310 g/mol. The average Bonchev–Trinajstić information content (AvgIpc) is 2.40. The first-order valence-corrected chi connectivity index (χ1v) is 7.67. The molecule has 21 heavy (non-hydrogen) atoms. The molecule has 1 aliphatic heterocycles. The third-order valence-electron chi connectivity index (χ3n) is 3.93. The molecule has 2 heterocycles. The molecule has 1 aromatic heterocycles. The molecule has 1 amide bonds. The van der Waals surface area contributed by atoms with Crippen molar-refractivity contribution in [2.75, 3.05) is 18.0 Å². The lowest BCUT2D eigenvalue weighted by atomic mass is 9.95. The zero-order chi connectivity index (χ0) is 15.8. The van der Waals surface area contributed by atoms with Gasteiger partial charge in [0.2, 0.25) is 5.91 Å². The molecule has 5 nitrogen and oxygen atoms in total. The number of rotatable bonds is 2. The van der Waals surface area contributed by atoms with Crippen LogP contribution in [0.2, 0.25) is 5.15 Å². The maximum Gasteiger partial charge on any atom is 0.220 e.